The summed E-state index contributed by atoms with van der Waals surface area (Å²) in [5, 5.41) is 0.919. The van der Waals surface area contributed by atoms with Gasteiger partial charge in [0.2, 0.25) is 0 Å². The first-order valence-corrected chi connectivity index (χ1v) is 3.04. The van der Waals surface area contributed by atoms with Crippen LogP contribution in [-0.2, 0) is 9.47 Å². The van der Waals surface area contributed by atoms with E-state index in [9.17, 15) is 0 Å². The smallest absolute Gasteiger partial charge is 0.114 e. The van der Waals surface area contributed by atoms with Crippen molar-refractivity contribution in [3.63, 3.8) is 0 Å². The highest BCUT2D eigenvalue weighted by Gasteiger charge is 1.77. The summed E-state index contributed by atoms with van der Waals surface area (Å²) in [6, 6.07) is 0. The van der Waals surface area contributed by atoms with E-state index >= 15 is 0 Å². The van der Waals surface area contributed by atoms with Gasteiger partial charge in [0.25, 0.3) is 0 Å². The molecule has 0 aromatic heterocycles. The van der Waals surface area contributed by atoms with Crippen LogP contribution in [0.2, 0.25) is 0 Å². The largest absolute Gasteiger partial charge is 0.504 e. The highest BCUT2D eigenvalue weighted by atomic mass is 28.1. The summed E-state index contributed by atoms with van der Waals surface area (Å²) in [5.74, 6) is 0. The van der Waals surface area contributed by atoms with Crippen LogP contribution < -0.4 is 0 Å². The number of ether oxygens (including phenoxy) is 2. The molecule has 0 aromatic carbocycles. The van der Waals surface area contributed by atoms with Crippen LogP contribution in [0.5, 0.6) is 0 Å². The number of methoxy groups -OCH3 is 2. The van der Waals surface area contributed by atoms with E-state index in [0.717, 1.165) is 15.6 Å². The molecule has 0 aliphatic carbocycles. The van der Waals surface area contributed by atoms with Gasteiger partial charge in [-0.2, -0.15) is 0 Å². The first kappa shape index (κ1) is 6.56. The molecule has 0 aromatic rings. The van der Waals surface area contributed by atoms with Gasteiger partial charge in [0.15, 0.2) is 0 Å². The normalized spacial score (nSPS) is 11.4. The first-order valence-electron chi connectivity index (χ1n) is 2.04. The average molecular weight is 118 g/mol. The molecule has 42 valence electrons. The van der Waals surface area contributed by atoms with Crippen molar-refractivity contribution in [3.05, 3.63) is 11.6 Å². The second-order valence-electron chi connectivity index (χ2n) is 1.17. The van der Waals surface area contributed by atoms with Crippen LogP contribution in [0.15, 0.2) is 11.6 Å². The molecule has 0 atom stereocenters. The molecule has 2 nitrogen and oxygen atoms in total. The van der Waals surface area contributed by atoms with Crippen LogP contribution in [-0.4, -0.2) is 24.5 Å². The summed E-state index contributed by atoms with van der Waals surface area (Å²) < 4.78 is 9.43. The molecule has 0 unspecified atom stereocenters. The second kappa shape index (κ2) is 3.74. The van der Waals surface area contributed by atoms with Crippen LogP contribution in [0.4, 0.5) is 0 Å². The number of hydrogen-bond acceptors (Lipinski definition) is 2. The fraction of sp³-hybridized carbons (Fsp3) is 0.500. The van der Waals surface area contributed by atoms with Gasteiger partial charge in [-0.3, -0.25) is 0 Å². The van der Waals surface area contributed by atoms with Crippen molar-refractivity contribution in [3.8, 4) is 0 Å². The molecule has 7 heavy (non-hydrogen) atoms. The third-order valence-corrected chi connectivity index (χ3v) is 1.25. The van der Waals surface area contributed by atoms with E-state index in [4.69, 9.17) is 4.74 Å². The molecule has 0 aliphatic heterocycles. The van der Waals surface area contributed by atoms with E-state index < -0.39 is 0 Å². The first-order chi connectivity index (χ1) is 3.31. The van der Waals surface area contributed by atoms with Crippen LogP contribution in [0.3, 0.4) is 0 Å². The van der Waals surface area contributed by atoms with Gasteiger partial charge >= 0.3 is 0 Å². The summed E-state index contributed by atoms with van der Waals surface area (Å²) in [7, 11) is 4.16. The van der Waals surface area contributed by atoms with Gasteiger partial charge in [-0.05, 0) is 0 Å². The Morgan fingerprint density at radius 2 is 2.14 bits per heavy atom. The molecule has 0 saturated carbocycles. The molecule has 0 saturated heterocycles. The molecule has 0 fully saturated rings. The Morgan fingerprint density at radius 3 is 2.29 bits per heavy atom. The summed E-state index contributed by atoms with van der Waals surface area (Å²) in [4.78, 5) is 0. The summed E-state index contributed by atoms with van der Waals surface area (Å²) in [6.45, 7) is 0. The molecule has 0 radical (unpaired) electrons. The SMILES string of the molecule is COC=C([SiH3])OC. The van der Waals surface area contributed by atoms with Crippen LogP contribution >= 0.6 is 0 Å². The second-order valence-corrected chi connectivity index (χ2v) is 2.15. The summed E-state index contributed by atoms with van der Waals surface area (Å²) in [5.41, 5.74) is 0. The predicted octanol–water partition coefficient (Wildman–Crippen LogP) is -0.556. The Balaban J connectivity index is 3.29. The van der Waals surface area contributed by atoms with Gasteiger partial charge in [0.1, 0.15) is 6.26 Å². The fourth-order valence-electron chi connectivity index (χ4n) is 0.214. The number of rotatable bonds is 2. The number of hydrogen-bond donors (Lipinski definition) is 0. The van der Waals surface area contributed by atoms with Gasteiger partial charge in [0, 0.05) is 0 Å². The van der Waals surface area contributed by atoms with Crippen molar-refractivity contribution >= 4 is 10.2 Å². The Hall–Kier alpha value is -0.443. The monoisotopic (exact) mass is 118 g/mol. The average Bonchev–Trinajstić information content (AvgIpc) is 1.68. The zero-order valence-corrected chi connectivity index (χ0v) is 6.89. The molecule has 3 heteroatoms. The summed E-state index contributed by atoms with van der Waals surface area (Å²) in [6.07, 6.45) is 1.60. The van der Waals surface area contributed by atoms with Crippen molar-refractivity contribution in [2.45, 2.75) is 0 Å². The highest BCUT2D eigenvalue weighted by Crippen LogP contribution is 1.84. The van der Waals surface area contributed by atoms with Crippen LogP contribution in [0, 0.1) is 0 Å². The lowest BCUT2D eigenvalue weighted by molar-refractivity contribution is 0.272. The Labute approximate surface area is 46.5 Å². The molecular formula is C4H10O2Si. The maximum absolute atomic E-state index is 4.79. The summed E-state index contributed by atoms with van der Waals surface area (Å²) >= 11 is 0. The Bertz CT molecular complexity index is 70.1. The lowest BCUT2D eigenvalue weighted by Crippen LogP contribution is -1.84. The van der Waals surface area contributed by atoms with Crippen LogP contribution in [0.1, 0.15) is 0 Å². The Morgan fingerprint density at radius 1 is 1.57 bits per heavy atom. The zero-order chi connectivity index (χ0) is 5.70. The predicted molar refractivity (Wildman–Crippen MR) is 32.0 cm³/mol. The minimum Gasteiger partial charge on any atom is -0.504 e. The minimum atomic E-state index is 0.913. The lowest BCUT2D eigenvalue weighted by Gasteiger charge is -1.95. The van der Waals surface area contributed by atoms with Crippen molar-refractivity contribution in [2.75, 3.05) is 14.2 Å². The molecule has 0 bridgehead atoms. The molecule has 0 aliphatic rings. The van der Waals surface area contributed by atoms with E-state index in [1.54, 1.807) is 20.5 Å². The van der Waals surface area contributed by atoms with Gasteiger partial charge < -0.3 is 9.47 Å². The highest BCUT2D eigenvalue weighted by molar-refractivity contribution is 6.19. The zero-order valence-electron chi connectivity index (χ0n) is 4.89. The maximum atomic E-state index is 4.79. The van der Waals surface area contributed by atoms with Gasteiger partial charge in [-0.1, -0.05) is 0 Å². The van der Waals surface area contributed by atoms with E-state index in [1.807, 2.05) is 0 Å². The molecular weight excluding hydrogens is 108 g/mol. The van der Waals surface area contributed by atoms with Gasteiger partial charge in [-0.15, -0.1) is 0 Å². The van der Waals surface area contributed by atoms with Gasteiger partial charge in [0.05, 0.1) is 29.8 Å². The third kappa shape index (κ3) is 3.39. The van der Waals surface area contributed by atoms with Gasteiger partial charge in [-0.25, -0.2) is 0 Å². The van der Waals surface area contributed by atoms with E-state index in [1.165, 1.54) is 0 Å². The standard InChI is InChI=1S/C4H10O2Si/c1-5-3-4(7)6-2/h3H,1-2,7H3. The van der Waals surface area contributed by atoms with E-state index in [2.05, 4.69) is 4.74 Å². The van der Waals surface area contributed by atoms with Crippen molar-refractivity contribution in [2.24, 2.45) is 0 Å². The molecule has 0 spiro atoms. The molecule has 0 amide bonds. The molecule has 0 N–H and O–H groups in total. The van der Waals surface area contributed by atoms with E-state index in [-0.39, 0.29) is 0 Å². The quantitative estimate of drug-likeness (QED) is 0.357. The fourth-order valence-corrected chi connectivity index (χ4v) is 0.450. The minimum absolute atomic E-state index is 0.913. The third-order valence-electron chi connectivity index (χ3n) is 0.606. The maximum Gasteiger partial charge on any atom is 0.114 e. The van der Waals surface area contributed by atoms with E-state index in [0.29, 0.717) is 0 Å². The topological polar surface area (TPSA) is 18.5 Å². The lowest BCUT2D eigenvalue weighted by atomic mass is 11.0. The Kier molecular flexibility index (Phi) is 3.50. The van der Waals surface area contributed by atoms with Crippen molar-refractivity contribution < 1.29 is 9.47 Å². The molecule has 0 rings (SSSR count). The van der Waals surface area contributed by atoms with Crippen molar-refractivity contribution in [1.82, 2.24) is 0 Å². The molecule has 0 heterocycles. The van der Waals surface area contributed by atoms with Crippen LogP contribution in [0.25, 0.3) is 0 Å². The van der Waals surface area contributed by atoms with Crippen molar-refractivity contribution in [1.29, 1.82) is 0 Å².